The molecule has 0 saturated carbocycles. The molecule has 0 aromatic heterocycles. The second kappa shape index (κ2) is 6.36. The minimum atomic E-state index is -1.01. The van der Waals surface area contributed by atoms with Crippen LogP contribution in [0.4, 0.5) is 0 Å². The Morgan fingerprint density at radius 2 is 2.13 bits per heavy atom. The van der Waals surface area contributed by atoms with Gasteiger partial charge in [-0.1, -0.05) is 0 Å². The summed E-state index contributed by atoms with van der Waals surface area (Å²) in [6.07, 6.45) is -0.935. The molecule has 0 radical (unpaired) electrons. The Hall–Kier alpha value is -2.11. The molecule has 0 N–H and O–H groups in total. The highest BCUT2D eigenvalue weighted by Crippen LogP contribution is 1.98. The van der Waals surface area contributed by atoms with Crippen molar-refractivity contribution in [1.82, 2.24) is 5.01 Å². The van der Waals surface area contributed by atoms with Crippen LogP contribution in [0.2, 0.25) is 0 Å². The molecule has 0 aromatic carbocycles. The molecule has 0 bridgehead atoms. The van der Waals surface area contributed by atoms with Crippen LogP contribution in [-0.4, -0.2) is 34.3 Å². The lowest BCUT2D eigenvalue weighted by Gasteiger charge is -2.15. The molecule has 0 saturated heterocycles. The highest BCUT2D eigenvalue weighted by atomic mass is 17.0. The third-order valence-corrected chi connectivity index (χ3v) is 1.45. The molecule has 9 nitrogen and oxygen atoms in total. The average molecular weight is 218 g/mol. The highest BCUT2D eigenvalue weighted by molar-refractivity contribution is 4.70. The number of hydrazine groups is 1. The van der Waals surface area contributed by atoms with Gasteiger partial charge in [-0.3, -0.25) is 0 Å². The Kier molecular flexibility index (Phi) is 5.47. The summed E-state index contributed by atoms with van der Waals surface area (Å²) in [6.45, 7) is 1.01. The van der Waals surface area contributed by atoms with Crippen LogP contribution in [0.25, 0.3) is 0 Å². The van der Waals surface area contributed by atoms with E-state index in [4.69, 9.17) is 5.26 Å². The predicted molar refractivity (Wildman–Crippen MR) is 46.3 cm³/mol. The predicted octanol–water partition coefficient (Wildman–Crippen LogP) is -0.00942. The van der Waals surface area contributed by atoms with Gasteiger partial charge in [0.05, 0.1) is 19.0 Å². The Balaban J connectivity index is 4.10. The van der Waals surface area contributed by atoms with Crippen LogP contribution in [0.3, 0.4) is 0 Å². The summed E-state index contributed by atoms with van der Waals surface area (Å²) in [4.78, 5) is 24.4. The second-order valence-corrected chi connectivity index (χ2v) is 2.70. The molecule has 9 heteroatoms. The van der Waals surface area contributed by atoms with E-state index in [9.17, 15) is 20.2 Å². The van der Waals surface area contributed by atoms with Crippen LogP contribution in [0, 0.1) is 31.6 Å². The molecule has 0 aromatic rings. The fraction of sp³-hybridized carbons (Fsp3) is 0.833. The van der Waals surface area contributed by atoms with Crippen molar-refractivity contribution in [3.63, 3.8) is 0 Å². The second-order valence-electron chi connectivity index (χ2n) is 2.70. The number of hydrogen-bond donors (Lipinski definition) is 0. The number of rotatable bonds is 7. The Morgan fingerprint density at radius 3 is 2.53 bits per heavy atom. The molecular formula is C6H10N4O5. The van der Waals surface area contributed by atoms with E-state index in [1.54, 1.807) is 6.07 Å². The van der Waals surface area contributed by atoms with E-state index >= 15 is 0 Å². The molecule has 1 atom stereocenters. The summed E-state index contributed by atoms with van der Waals surface area (Å²) in [5.41, 5.74) is 0. The first-order chi connectivity index (χ1) is 6.97. The summed E-state index contributed by atoms with van der Waals surface area (Å²) in [5.74, 6) is 0. The van der Waals surface area contributed by atoms with Gasteiger partial charge in [-0.2, -0.15) is 5.26 Å². The quantitative estimate of drug-likeness (QED) is 0.434. The first-order valence-electron chi connectivity index (χ1n) is 4.04. The van der Waals surface area contributed by atoms with Crippen LogP contribution in [0.5, 0.6) is 0 Å². The molecule has 0 aliphatic heterocycles. The van der Waals surface area contributed by atoms with Crippen molar-refractivity contribution < 1.29 is 15.0 Å². The van der Waals surface area contributed by atoms with E-state index < -0.39 is 16.2 Å². The first kappa shape index (κ1) is 12.9. The number of hydrogen-bond acceptors (Lipinski definition) is 6. The van der Waals surface area contributed by atoms with Crippen molar-refractivity contribution in [3.8, 4) is 6.07 Å². The van der Waals surface area contributed by atoms with Crippen LogP contribution < -0.4 is 0 Å². The van der Waals surface area contributed by atoms with E-state index in [1.807, 2.05) is 0 Å². The molecular weight excluding hydrogens is 208 g/mol. The topological polar surface area (TPSA) is 123 Å². The zero-order chi connectivity index (χ0) is 11.8. The van der Waals surface area contributed by atoms with Gasteiger partial charge in [-0.15, -0.1) is 15.1 Å². The molecule has 0 aliphatic carbocycles. The van der Waals surface area contributed by atoms with Gasteiger partial charge in [0.2, 0.25) is 0 Å². The maximum atomic E-state index is 10.4. The van der Waals surface area contributed by atoms with Crippen molar-refractivity contribution in [2.75, 3.05) is 13.1 Å². The largest absolute Gasteiger partial charge is 0.309 e. The van der Waals surface area contributed by atoms with E-state index in [0.29, 0.717) is 5.01 Å². The monoisotopic (exact) mass is 218 g/mol. The Bertz CT molecular complexity index is 275. The standard InChI is InChI=1S/C6H10N4O5/c1-6(15-10(13)14)5-8(9(11)12)4-2-3-7/h6H,2,4-5H2,1H3. The van der Waals surface area contributed by atoms with Crippen LogP contribution >= 0.6 is 0 Å². The lowest BCUT2D eigenvalue weighted by Crippen LogP contribution is -2.38. The molecule has 0 fully saturated rings. The van der Waals surface area contributed by atoms with Crippen LogP contribution in [0.1, 0.15) is 13.3 Å². The van der Waals surface area contributed by atoms with E-state index in [0.717, 1.165) is 0 Å². The summed E-state index contributed by atoms with van der Waals surface area (Å²) >= 11 is 0. The smallest absolute Gasteiger partial charge is 0.294 e. The number of nitro groups is 1. The average Bonchev–Trinajstić information content (AvgIpc) is 2.10. The van der Waals surface area contributed by atoms with Crippen molar-refractivity contribution in [3.05, 3.63) is 20.2 Å². The zero-order valence-electron chi connectivity index (χ0n) is 8.03. The maximum absolute atomic E-state index is 10.4. The van der Waals surface area contributed by atoms with E-state index in [-0.39, 0.29) is 19.5 Å². The van der Waals surface area contributed by atoms with E-state index in [1.165, 1.54) is 6.92 Å². The van der Waals surface area contributed by atoms with Gasteiger partial charge in [-0.25, -0.2) is 10.1 Å². The lowest BCUT2D eigenvalue weighted by atomic mass is 10.3. The zero-order valence-corrected chi connectivity index (χ0v) is 8.03. The lowest BCUT2D eigenvalue weighted by molar-refractivity contribution is -0.771. The van der Waals surface area contributed by atoms with E-state index in [2.05, 4.69) is 4.84 Å². The number of nitriles is 1. The fourth-order valence-corrected chi connectivity index (χ4v) is 0.896. The maximum Gasteiger partial charge on any atom is 0.294 e. The van der Waals surface area contributed by atoms with Gasteiger partial charge in [0.1, 0.15) is 12.6 Å². The molecule has 0 rings (SSSR count). The van der Waals surface area contributed by atoms with Gasteiger partial charge in [0.25, 0.3) is 5.09 Å². The third kappa shape index (κ3) is 6.03. The normalized spacial score (nSPS) is 11.2. The van der Waals surface area contributed by atoms with Crippen molar-refractivity contribution in [2.45, 2.75) is 19.4 Å². The first-order valence-corrected chi connectivity index (χ1v) is 4.04. The van der Waals surface area contributed by atoms with Crippen LogP contribution in [-0.2, 0) is 4.84 Å². The van der Waals surface area contributed by atoms with Gasteiger partial charge >= 0.3 is 0 Å². The highest BCUT2D eigenvalue weighted by Gasteiger charge is 2.19. The van der Waals surface area contributed by atoms with Gasteiger partial charge in [0.15, 0.2) is 5.03 Å². The van der Waals surface area contributed by atoms with Gasteiger partial charge in [0, 0.05) is 0 Å². The van der Waals surface area contributed by atoms with Gasteiger partial charge in [-0.05, 0) is 6.92 Å². The fourth-order valence-electron chi connectivity index (χ4n) is 0.896. The van der Waals surface area contributed by atoms with Crippen molar-refractivity contribution in [2.24, 2.45) is 0 Å². The SMILES string of the molecule is CC(CN(CCC#N)[N+](=O)[O-])O[N+](=O)[O-]. The minimum absolute atomic E-state index is 0.0217. The number of nitrogens with zero attached hydrogens (tertiary/aromatic N) is 4. The molecule has 1 unspecified atom stereocenters. The molecule has 0 aliphatic rings. The molecule has 0 amide bonds. The van der Waals surface area contributed by atoms with Crippen molar-refractivity contribution >= 4 is 0 Å². The summed E-state index contributed by atoms with van der Waals surface area (Å²) < 4.78 is 0. The van der Waals surface area contributed by atoms with Gasteiger partial charge < -0.3 is 4.84 Å². The summed E-state index contributed by atoms with van der Waals surface area (Å²) in [5, 5.41) is 27.6. The Morgan fingerprint density at radius 1 is 1.53 bits per heavy atom. The third-order valence-electron chi connectivity index (χ3n) is 1.45. The van der Waals surface area contributed by atoms with Crippen LogP contribution in [0.15, 0.2) is 0 Å². The van der Waals surface area contributed by atoms with Crippen molar-refractivity contribution in [1.29, 1.82) is 5.26 Å². The Labute approximate surface area is 85.1 Å². The summed E-state index contributed by atoms with van der Waals surface area (Å²) in [7, 11) is 0. The minimum Gasteiger partial charge on any atom is -0.309 e. The summed E-state index contributed by atoms with van der Waals surface area (Å²) in [6, 6.07) is 1.75. The molecule has 15 heavy (non-hydrogen) atoms. The molecule has 0 heterocycles. The molecule has 0 spiro atoms. The molecule has 84 valence electrons.